The van der Waals surface area contributed by atoms with E-state index in [9.17, 15) is 21.6 Å². The number of thiazole rings is 2. The minimum Gasteiger partial charge on any atom is -0.444 e. The fraction of sp³-hybridized carbons (Fsp3) is 0.269. The van der Waals surface area contributed by atoms with E-state index in [1.165, 1.54) is 41.0 Å². The van der Waals surface area contributed by atoms with Gasteiger partial charge in [0.1, 0.15) is 5.60 Å². The molecule has 0 aliphatic carbocycles. The molecule has 0 radical (unpaired) electrons. The lowest BCUT2D eigenvalue weighted by Gasteiger charge is -2.41. The standard InChI is InChI=1S/C17H22N4O4S2.C9H7BrN2O2S2/c1-17(2,3)25-16(22)19-12-10-21(11-12)13-4-6-14(7-5-13)27(23,24)20-15-18-8-9-26-15;10-7-1-3-8(4-2-7)16(13,14)12-9-11-5-6-15-9/h4-9,12H,10-11H2,1-3H3,(H,18,20)(H,19,22);1-6H,(H,11,12). The Morgan fingerprint density at radius 1 is 0.860 bits per heavy atom. The highest BCUT2D eigenvalue weighted by Crippen LogP contribution is 2.25. The largest absolute Gasteiger partial charge is 0.444 e. The van der Waals surface area contributed by atoms with Gasteiger partial charge in [0.15, 0.2) is 10.3 Å². The highest BCUT2D eigenvalue weighted by atomic mass is 79.9. The van der Waals surface area contributed by atoms with Crippen LogP contribution < -0.4 is 19.7 Å². The number of nitrogens with one attached hydrogen (secondary N) is 3. The summed E-state index contributed by atoms with van der Waals surface area (Å²) in [4.78, 5) is 22.0. The molecule has 3 heterocycles. The third kappa shape index (κ3) is 9.62. The summed E-state index contributed by atoms with van der Waals surface area (Å²) in [5, 5.41) is 6.92. The summed E-state index contributed by atoms with van der Waals surface area (Å²) in [6, 6.07) is 13.0. The zero-order chi connectivity index (χ0) is 31.3. The minimum absolute atomic E-state index is 0.00910. The molecule has 0 saturated carbocycles. The number of anilines is 3. The molecule has 1 aliphatic rings. The van der Waals surface area contributed by atoms with Crippen LogP contribution in [0.3, 0.4) is 0 Å². The van der Waals surface area contributed by atoms with E-state index in [1.54, 1.807) is 53.4 Å². The zero-order valence-corrected chi connectivity index (χ0v) is 28.1. The molecule has 1 fully saturated rings. The average Bonchev–Trinajstić information content (AvgIpc) is 3.60. The first-order valence-electron chi connectivity index (χ1n) is 12.6. The van der Waals surface area contributed by atoms with Crippen LogP contribution in [0.25, 0.3) is 0 Å². The number of hydrogen-bond acceptors (Lipinski definition) is 11. The summed E-state index contributed by atoms with van der Waals surface area (Å²) in [5.74, 6) is 0. The minimum atomic E-state index is -3.65. The lowest BCUT2D eigenvalue weighted by atomic mass is 10.1. The molecule has 3 N–H and O–H groups in total. The van der Waals surface area contributed by atoms with E-state index in [-0.39, 0.29) is 15.8 Å². The Hall–Kier alpha value is -3.25. The van der Waals surface area contributed by atoms with E-state index in [4.69, 9.17) is 4.74 Å². The maximum Gasteiger partial charge on any atom is 0.407 e. The van der Waals surface area contributed by atoms with Crippen LogP contribution >= 0.6 is 38.6 Å². The highest BCUT2D eigenvalue weighted by Gasteiger charge is 2.30. The molecule has 5 rings (SSSR count). The second-order valence-electron chi connectivity index (χ2n) is 10.1. The number of nitrogens with zero attached hydrogens (tertiary/aromatic N) is 3. The van der Waals surface area contributed by atoms with Gasteiger partial charge < -0.3 is 15.0 Å². The fourth-order valence-electron chi connectivity index (χ4n) is 3.60. The van der Waals surface area contributed by atoms with Gasteiger partial charge in [-0.2, -0.15) is 0 Å². The normalized spacial score (nSPS) is 13.7. The maximum atomic E-state index is 12.3. The van der Waals surface area contributed by atoms with Gasteiger partial charge in [-0.1, -0.05) is 15.9 Å². The number of rotatable bonds is 8. The molecule has 17 heteroatoms. The smallest absolute Gasteiger partial charge is 0.407 e. The van der Waals surface area contributed by atoms with Crippen molar-refractivity contribution in [3.63, 3.8) is 0 Å². The van der Waals surface area contributed by atoms with Crippen LogP contribution in [-0.4, -0.2) is 57.6 Å². The lowest BCUT2D eigenvalue weighted by molar-refractivity contribution is 0.0496. The summed E-state index contributed by atoms with van der Waals surface area (Å²) in [7, 11) is -7.18. The highest BCUT2D eigenvalue weighted by molar-refractivity contribution is 9.10. The van der Waals surface area contributed by atoms with E-state index in [2.05, 4.69) is 40.7 Å². The van der Waals surface area contributed by atoms with Crippen LogP contribution in [0.5, 0.6) is 0 Å². The number of sulfonamides is 2. The molecule has 2 aromatic carbocycles. The van der Waals surface area contributed by atoms with Gasteiger partial charge in [0.2, 0.25) is 0 Å². The van der Waals surface area contributed by atoms with Crippen molar-refractivity contribution in [3.05, 3.63) is 76.2 Å². The maximum absolute atomic E-state index is 12.3. The van der Waals surface area contributed by atoms with Gasteiger partial charge in [-0.05, 0) is 69.3 Å². The Labute approximate surface area is 266 Å². The van der Waals surface area contributed by atoms with Gasteiger partial charge in [0, 0.05) is 46.4 Å². The summed E-state index contributed by atoms with van der Waals surface area (Å²) < 4.78 is 59.3. The molecule has 1 saturated heterocycles. The molecule has 0 unspecified atom stereocenters. The van der Waals surface area contributed by atoms with Crippen LogP contribution in [0.1, 0.15) is 20.8 Å². The summed E-state index contributed by atoms with van der Waals surface area (Å²) in [6.07, 6.45) is 2.66. The molecule has 2 aromatic heterocycles. The van der Waals surface area contributed by atoms with Gasteiger partial charge >= 0.3 is 6.09 Å². The number of ether oxygens (including phenoxy) is 1. The molecule has 0 bridgehead atoms. The summed E-state index contributed by atoms with van der Waals surface area (Å²) >= 11 is 5.70. The topological polar surface area (TPSA) is 160 Å². The fourth-order valence-corrected chi connectivity index (χ4v) is 7.44. The number of hydrogen-bond donors (Lipinski definition) is 3. The van der Waals surface area contributed by atoms with Crippen LogP contribution in [-0.2, 0) is 24.8 Å². The number of carbonyl (C=O) groups is 1. The second-order valence-corrected chi connectivity index (χ2v) is 16.2. The van der Waals surface area contributed by atoms with E-state index in [1.807, 2.05) is 25.7 Å². The summed E-state index contributed by atoms with van der Waals surface area (Å²) in [5.41, 5.74) is 0.368. The van der Waals surface area contributed by atoms with Gasteiger partial charge in [-0.15, -0.1) is 22.7 Å². The van der Waals surface area contributed by atoms with Crippen molar-refractivity contribution in [2.24, 2.45) is 0 Å². The predicted molar refractivity (Wildman–Crippen MR) is 172 cm³/mol. The van der Waals surface area contributed by atoms with Gasteiger partial charge in [-0.3, -0.25) is 9.44 Å². The van der Waals surface area contributed by atoms with Crippen LogP contribution in [0, 0.1) is 0 Å². The number of aromatic nitrogens is 2. The Morgan fingerprint density at radius 3 is 1.74 bits per heavy atom. The van der Waals surface area contributed by atoms with Crippen molar-refractivity contribution in [2.75, 3.05) is 27.4 Å². The molecule has 43 heavy (non-hydrogen) atoms. The average molecular weight is 730 g/mol. The van der Waals surface area contributed by atoms with Crippen molar-refractivity contribution in [1.29, 1.82) is 0 Å². The molecule has 4 aromatic rings. The van der Waals surface area contributed by atoms with E-state index < -0.39 is 31.7 Å². The van der Waals surface area contributed by atoms with Crippen molar-refractivity contribution in [2.45, 2.75) is 42.2 Å². The van der Waals surface area contributed by atoms with Crippen molar-refractivity contribution < 1.29 is 26.4 Å². The Kier molecular flexibility index (Phi) is 10.3. The van der Waals surface area contributed by atoms with Crippen LogP contribution in [0.2, 0.25) is 0 Å². The molecule has 1 aliphatic heterocycles. The molecule has 12 nitrogen and oxygen atoms in total. The quantitative estimate of drug-likeness (QED) is 0.217. The second kappa shape index (κ2) is 13.6. The molecule has 1 amide bonds. The molecular formula is C26H29BrN6O6S4. The van der Waals surface area contributed by atoms with E-state index in [0.717, 1.165) is 10.2 Å². The van der Waals surface area contributed by atoms with E-state index in [0.29, 0.717) is 23.4 Å². The number of alkyl carbamates (subject to hydrolysis) is 1. The van der Waals surface area contributed by atoms with Crippen molar-refractivity contribution in [1.82, 2.24) is 15.3 Å². The monoisotopic (exact) mass is 728 g/mol. The molecule has 230 valence electrons. The first-order chi connectivity index (χ1) is 20.2. The van der Waals surface area contributed by atoms with Gasteiger partial charge in [0.05, 0.1) is 15.8 Å². The molecular weight excluding hydrogens is 700 g/mol. The lowest BCUT2D eigenvalue weighted by Crippen LogP contribution is -2.60. The third-order valence-electron chi connectivity index (χ3n) is 5.55. The van der Waals surface area contributed by atoms with Gasteiger partial charge in [-0.25, -0.2) is 31.6 Å². The molecule has 0 atom stereocenters. The Morgan fingerprint density at radius 2 is 1.33 bits per heavy atom. The predicted octanol–water partition coefficient (Wildman–Crippen LogP) is 5.36. The van der Waals surface area contributed by atoms with Crippen molar-refractivity contribution in [3.8, 4) is 0 Å². The van der Waals surface area contributed by atoms with Crippen LogP contribution in [0.15, 0.2) is 85.9 Å². The third-order valence-corrected chi connectivity index (χ3v) is 10.4. The molecule has 0 spiro atoms. The van der Waals surface area contributed by atoms with Crippen molar-refractivity contribution >= 4 is 80.7 Å². The Bertz CT molecular complexity index is 1700. The number of carbonyl (C=O) groups excluding carboxylic acids is 1. The first-order valence-corrected chi connectivity index (χ1v) is 18.2. The number of benzene rings is 2. The number of amides is 1. The van der Waals surface area contributed by atoms with Crippen LogP contribution in [0.4, 0.5) is 20.7 Å². The summed E-state index contributed by atoms with van der Waals surface area (Å²) in [6.45, 7) is 6.74. The first kappa shape index (κ1) is 32.7. The van der Waals surface area contributed by atoms with Gasteiger partial charge in [0.25, 0.3) is 20.0 Å². The Balaban J connectivity index is 0.000000225. The zero-order valence-electron chi connectivity index (χ0n) is 23.2. The van der Waals surface area contributed by atoms with E-state index >= 15 is 0 Å². The number of halogens is 1. The SMILES string of the molecule is CC(C)(C)OC(=O)NC1CN(c2ccc(S(=O)(=O)Nc3nccs3)cc2)C1.O=S(=O)(Nc1nccs1)c1ccc(Br)cc1.